The fourth-order valence-corrected chi connectivity index (χ4v) is 4.35. The number of anilines is 2. The lowest BCUT2D eigenvalue weighted by Gasteiger charge is -2.27. The Morgan fingerprint density at radius 2 is 1.55 bits per heavy atom. The normalized spacial score (nSPS) is 20.9. The molecule has 5 rings (SSSR count). The topological polar surface area (TPSA) is 85.4 Å². The summed E-state index contributed by atoms with van der Waals surface area (Å²) < 4.78 is 0. The van der Waals surface area contributed by atoms with Crippen LogP contribution in [-0.4, -0.2) is 28.0 Å². The highest BCUT2D eigenvalue weighted by Crippen LogP contribution is 2.44. The van der Waals surface area contributed by atoms with E-state index in [4.69, 9.17) is 0 Å². The van der Waals surface area contributed by atoms with Crippen LogP contribution >= 0.6 is 0 Å². The van der Waals surface area contributed by atoms with Crippen LogP contribution in [0.5, 0.6) is 0 Å². The predicted molar refractivity (Wildman–Crippen MR) is 120 cm³/mol. The zero-order valence-corrected chi connectivity index (χ0v) is 16.6. The molecule has 1 fully saturated rings. The molecular formula is C25H21N3O3. The van der Waals surface area contributed by atoms with E-state index in [0.29, 0.717) is 11.4 Å². The maximum Gasteiger partial charge on any atom is 0.257 e. The highest BCUT2D eigenvalue weighted by Gasteiger charge is 2.52. The molecule has 6 heteroatoms. The van der Waals surface area contributed by atoms with E-state index >= 15 is 0 Å². The minimum Gasteiger partial charge on any atom is -0.382 e. The first-order chi connectivity index (χ1) is 15.1. The van der Waals surface area contributed by atoms with Crippen molar-refractivity contribution in [1.82, 2.24) is 4.98 Å². The van der Waals surface area contributed by atoms with Crippen molar-refractivity contribution in [2.24, 2.45) is 5.92 Å². The molecule has 2 amide bonds. The molecule has 0 aliphatic carbocycles. The first kappa shape index (κ1) is 19.1. The Kier molecular flexibility index (Phi) is 4.76. The van der Waals surface area contributed by atoms with Gasteiger partial charge in [0.25, 0.3) is 5.91 Å². The first-order valence-electron chi connectivity index (χ1n) is 10.1. The van der Waals surface area contributed by atoms with Crippen molar-refractivity contribution in [2.75, 3.05) is 10.2 Å². The number of H-pyrrole nitrogens is 1. The van der Waals surface area contributed by atoms with E-state index in [1.807, 2.05) is 79.0 Å². The number of nitrogens with one attached hydrogen (secondary N) is 2. The van der Waals surface area contributed by atoms with Gasteiger partial charge in [-0.3, -0.25) is 9.59 Å². The van der Waals surface area contributed by atoms with E-state index < -0.39 is 29.9 Å². The van der Waals surface area contributed by atoms with Crippen molar-refractivity contribution in [3.8, 4) is 0 Å². The van der Waals surface area contributed by atoms with Crippen molar-refractivity contribution in [3.05, 3.63) is 96.7 Å². The highest BCUT2D eigenvalue weighted by atomic mass is 16.3. The van der Waals surface area contributed by atoms with Gasteiger partial charge in [0, 0.05) is 34.0 Å². The Morgan fingerprint density at radius 3 is 2.29 bits per heavy atom. The van der Waals surface area contributed by atoms with Crippen LogP contribution in [0.1, 0.15) is 11.6 Å². The zero-order valence-electron chi connectivity index (χ0n) is 16.6. The Bertz CT molecular complexity index is 1240. The first-order valence-corrected chi connectivity index (χ1v) is 10.1. The van der Waals surface area contributed by atoms with Crippen molar-refractivity contribution in [2.45, 2.75) is 12.1 Å². The van der Waals surface area contributed by atoms with Crippen LogP contribution in [-0.2, 0) is 9.59 Å². The molecule has 0 saturated carbocycles. The average molecular weight is 411 g/mol. The highest BCUT2D eigenvalue weighted by molar-refractivity contribution is 6.08. The number of aromatic nitrogens is 1. The van der Waals surface area contributed by atoms with Crippen LogP contribution in [0, 0.1) is 5.92 Å². The molecule has 4 aromatic rings. The van der Waals surface area contributed by atoms with E-state index in [1.165, 1.54) is 4.90 Å². The molecule has 3 N–H and O–H groups in total. The number of hydrogen-bond donors (Lipinski definition) is 3. The summed E-state index contributed by atoms with van der Waals surface area (Å²) >= 11 is 0. The lowest BCUT2D eigenvalue weighted by molar-refractivity contribution is -0.130. The summed E-state index contributed by atoms with van der Waals surface area (Å²) in [7, 11) is 0. The zero-order chi connectivity index (χ0) is 21.4. The van der Waals surface area contributed by atoms with Crippen LogP contribution in [0.3, 0.4) is 0 Å². The SMILES string of the molecule is O=C(Nc1ccccc1)C1C(O)C(=O)N(c2ccccc2)C1c1c[nH]c2ccccc12. The van der Waals surface area contributed by atoms with Crippen molar-refractivity contribution in [3.63, 3.8) is 0 Å². The Balaban J connectivity index is 1.63. The number of aromatic amines is 1. The lowest BCUT2D eigenvalue weighted by atomic mass is 9.90. The summed E-state index contributed by atoms with van der Waals surface area (Å²) in [5.41, 5.74) is 2.94. The Labute approximate surface area is 179 Å². The number of amides is 2. The molecule has 0 spiro atoms. The van der Waals surface area contributed by atoms with E-state index in [1.54, 1.807) is 12.1 Å². The van der Waals surface area contributed by atoms with E-state index in [2.05, 4.69) is 10.3 Å². The molecule has 1 aromatic heterocycles. The number of benzene rings is 3. The quantitative estimate of drug-likeness (QED) is 0.477. The van der Waals surface area contributed by atoms with Gasteiger partial charge in [-0.1, -0.05) is 54.6 Å². The van der Waals surface area contributed by atoms with Crippen LogP contribution in [0.25, 0.3) is 10.9 Å². The molecule has 3 atom stereocenters. The van der Waals surface area contributed by atoms with Gasteiger partial charge in [-0.15, -0.1) is 0 Å². The monoisotopic (exact) mass is 411 g/mol. The maximum atomic E-state index is 13.3. The molecule has 1 aliphatic rings. The summed E-state index contributed by atoms with van der Waals surface area (Å²) in [4.78, 5) is 31.3. The number of fused-ring (bicyclic) bond motifs is 1. The van der Waals surface area contributed by atoms with E-state index in [9.17, 15) is 14.7 Å². The fraction of sp³-hybridized carbons (Fsp3) is 0.120. The second-order valence-electron chi connectivity index (χ2n) is 7.60. The molecule has 0 bridgehead atoms. The van der Waals surface area contributed by atoms with Gasteiger partial charge >= 0.3 is 0 Å². The second-order valence-corrected chi connectivity index (χ2v) is 7.60. The summed E-state index contributed by atoms with van der Waals surface area (Å²) in [5.74, 6) is -1.87. The van der Waals surface area contributed by atoms with Crippen molar-refractivity contribution in [1.29, 1.82) is 0 Å². The number of aliphatic hydroxyl groups excluding tert-OH is 1. The van der Waals surface area contributed by atoms with E-state index in [0.717, 1.165) is 16.5 Å². The number of carbonyl (C=O) groups excluding carboxylic acids is 2. The Morgan fingerprint density at radius 1 is 0.903 bits per heavy atom. The maximum absolute atomic E-state index is 13.3. The summed E-state index contributed by atoms with van der Waals surface area (Å²) in [5, 5.41) is 14.7. The van der Waals surface area contributed by atoms with Gasteiger partial charge in [0.15, 0.2) is 0 Å². The molecule has 2 heterocycles. The number of carbonyl (C=O) groups is 2. The van der Waals surface area contributed by atoms with Gasteiger partial charge in [0.1, 0.15) is 6.10 Å². The number of para-hydroxylation sites is 3. The van der Waals surface area contributed by atoms with Gasteiger partial charge in [0.2, 0.25) is 5.91 Å². The Hall–Kier alpha value is -3.90. The van der Waals surface area contributed by atoms with Crippen LogP contribution < -0.4 is 10.2 Å². The van der Waals surface area contributed by atoms with Gasteiger partial charge in [-0.05, 0) is 30.3 Å². The van der Waals surface area contributed by atoms with Crippen molar-refractivity contribution < 1.29 is 14.7 Å². The largest absolute Gasteiger partial charge is 0.382 e. The summed E-state index contributed by atoms with van der Waals surface area (Å²) in [6, 6.07) is 25.3. The molecule has 31 heavy (non-hydrogen) atoms. The third-order valence-corrected chi connectivity index (χ3v) is 5.77. The second kappa shape index (κ2) is 7.74. The molecule has 0 radical (unpaired) electrons. The molecule has 3 aromatic carbocycles. The lowest BCUT2D eigenvalue weighted by Crippen LogP contribution is -2.34. The molecule has 1 saturated heterocycles. The summed E-state index contributed by atoms with van der Waals surface area (Å²) in [6.07, 6.45) is 0.363. The molecule has 154 valence electrons. The average Bonchev–Trinajstić information content (AvgIpc) is 3.34. The summed E-state index contributed by atoms with van der Waals surface area (Å²) in [6.45, 7) is 0. The van der Waals surface area contributed by atoms with Gasteiger partial charge in [-0.25, -0.2) is 0 Å². The number of hydrogen-bond acceptors (Lipinski definition) is 3. The van der Waals surface area contributed by atoms with Gasteiger partial charge in [-0.2, -0.15) is 0 Å². The molecule has 3 unspecified atom stereocenters. The number of rotatable bonds is 4. The molecular weight excluding hydrogens is 390 g/mol. The minimum absolute atomic E-state index is 0.402. The van der Waals surface area contributed by atoms with Crippen LogP contribution in [0.4, 0.5) is 11.4 Å². The molecule has 1 aliphatic heterocycles. The number of aliphatic hydroxyl groups is 1. The van der Waals surface area contributed by atoms with Crippen LogP contribution in [0.2, 0.25) is 0 Å². The van der Waals surface area contributed by atoms with Crippen molar-refractivity contribution >= 4 is 34.1 Å². The minimum atomic E-state index is -1.46. The van der Waals surface area contributed by atoms with Crippen LogP contribution in [0.15, 0.2) is 91.1 Å². The van der Waals surface area contributed by atoms with Gasteiger partial charge in [0.05, 0.1) is 12.0 Å². The standard InChI is InChI=1S/C25H21N3O3/c29-23-21(24(30)27-16-9-3-1-4-10-16)22(19-15-26-20-14-8-7-13-18(19)20)28(25(23)31)17-11-5-2-6-12-17/h1-15,21-23,26,29H,(H,27,30). The third kappa shape index (κ3) is 3.27. The third-order valence-electron chi connectivity index (χ3n) is 5.77. The smallest absolute Gasteiger partial charge is 0.257 e. The van der Waals surface area contributed by atoms with Gasteiger partial charge < -0.3 is 20.3 Å². The predicted octanol–water partition coefficient (Wildman–Crippen LogP) is 3.87. The number of nitrogens with zero attached hydrogens (tertiary/aromatic N) is 1. The molecule has 6 nitrogen and oxygen atoms in total. The fourth-order valence-electron chi connectivity index (χ4n) is 4.35. The van der Waals surface area contributed by atoms with E-state index in [-0.39, 0.29) is 0 Å².